The maximum absolute atomic E-state index is 5.83. The molecule has 0 spiro atoms. The second-order valence-electron chi connectivity index (χ2n) is 6.15. The number of hydrogen-bond acceptors (Lipinski definition) is 4. The molecule has 0 aromatic heterocycles. The predicted octanol–water partition coefficient (Wildman–Crippen LogP) is 1.27. The van der Waals surface area contributed by atoms with Gasteiger partial charge in [0.15, 0.2) is 0 Å². The summed E-state index contributed by atoms with van der Waals surface area (Å²) in [7, 11) is 2.21. The van der Waals surface area contributed by atoms with Gasteiger partial charge in [-0.15, -0.1) is 0 Å². The van der Waals surface area contributed by atoms with Gasteiger partial charge in [0.1, 0.15) is 0 Å². The molecule has 19 heavy (non-hydrogen) atoms. The number of nitrogens with zero attached hydrogens (tertiary/aromatic N) is 2. The van der Waals surface area contributed by atoms with Gasteiger partial charge in [-0.1, -0.05) is 20.8 Å². The summed E-state index contributed by atoms with van der Waals surface area (Å²) >= 11 is 0. The van der Waals surface area contributed by atoms with Crippen LogP contribution in [0.15, 0.2) is 0 Å². The summed E-state index contributed by atoms with van der Waals surface area (Å²) in [6, 6.07) is 0. The maximum atomic E-state index is 5.83. The standard InChI is InChI=1S/C15H33N3O/c1-5-6-17(4)7-8-18-9-10-19-15(13-18)12-16-11-14(2)3/h14-16H,5-13H2,1-4H3. The molecule has 1 rings (SSSR count). The van der Waals surface area contributed by atoms with Gasteiger partial charge >= 0.3 is 0 Å². The molecule has 0 aromatic rings. The van der Waals surface area contributed by atoms with E-state index >= 15 is 0 Å². The van der Waals surface area contributed by atoms with Crippen molar-refractivity contribution in [2.75, 3.05) is 59.5 Å². The first-order chi connectivity index (χ1) is 9.11. The van der Waals surface area contributed by atoms with Crippen LogP contribution in [0.1, 0.15) is 27.2 Å². The smallest absolute Gasteiger partial charge is 0.0826 e. The summed E-state index contributed by atoms with van der Waals surface area (Å²) in [5, 5.41) is 3.50. The second-order valence-corrected chi connectivity index (χ2v) is 6.15. The molecule has 1 aliphatic rings. The van der Waals surface area contributed by atoms with Crippen LogP contribution < -0.4 is 5.32 Å². The third-order valence-electron chi connectivity index (χ3n) is 3.55. The van der Waals surface area contributed by atoms with Gasteiger partial charge < -0.3 is 15.0 Å². The van der Waals surface area contributed by atoms with Crippen LogP contribution in [-0.2, 0) is 4.74 Å². The fourth-order valence-corrected chi connectivity index (χ4v) is 2.45. The maximum Gasteiger partial charge on any atom is 0.0826 e. The van der Waals surface area contributed by atoms with Gasteiger partial charge in [-0.3, -0.25) is 4.90 Å². The largest absolute Gasteiger partial charge is 0.374 e. The van der Waals surface area contributed by atoms with E-state index in [9.17, 15) is 0 Å². The highest BCUT2D eigenvalue weighted by Crippen LogP contribution is 2.04. The van der Waals surface area contributed by atoms with Crippen molar-refractivity contribution in [3.8, 4) is 0 Å². The Kier molecular flexibility index (Phi) is 8.62. The Balaban J connectivity index is 2.15. The van der Waals surface area contributed by atoms with Crippen molar-refractivity contribution in [1.29, 1.82) is 0 Å². The molecule has 1 N–H and O–H groups in total. The molecule has 0 saturated carbocycles. The average molecular weight is 271 g/mol. The first-order valence-electron chi connectivity index (χ1n) is 7.85. The van der Waals surface area contributed by atoms with Crippen molar-refractivity contribution in [3.63, 3.8) is 0 Å². The van der Waals surface area contributed by atoms with Gasteiger partial charge in [0, 0.05) is 32.7 Å². The van der Waals surface area contributed by atoms with E-state index in [2.05, 4.69) is 42.9 Å². The van der Waals surface area contributed by atoms with E-state index in [1.165, 1.54) is 26.1 Å². The lowest BCUT2D eigenvalue weighted by molar-refractivity contribution is -0.0288. The summed E-state index contributed by atoms with van der Waals surface area (Å²) in [4.78, 5) is 4.96. The van der Waals surface area contributed by atoms with Crippen LogP contribution in [-0.4, -0.2) is 75.4 Å². The zero-order valence-corrected chi connectivity index (χ0v) is 13.3. The Bertz CT molecular complexity index is 223. The molecule has 0 aliphatic carbocycles. The van der Waals surface area contributed by atoms with Crippen LogP contribution in [0.25, 0.3) is 0 Å². The van der Waals surface area contributed by atoms with Gasteiger partial charge in [0.25, 0.3) is 0 Å². The molecule has 0 aromatic carbocycles. The third-order valence-corrected chi connectivity index (χ3v) is 3.55. The van der Waals surface area contributed by atoms with Crippen LogP contribution in [0.2, 0.25) is 0 Å². The minimum atomic E-state index is 0.365. The van der Waals surface area contributed by atoms with E-state index in [1.807, 2.05) is 0 Å². The second kappa shape index (κ2) is 9.70. The van der Waals surface area contributed by atoms with Crippen molar-refractivity contribution in [2.45, 2.75) is 33.3 Å². The van der Waals surface area contributed by atoms with Crippen molar-refractivity contribution >= 4 is 0 Å². The number of likely N-dealkylation sites (N-methyl/N-ethyl adjacent to an activating group) is 1. The molecule has 4 heteroatoms. The Morgan fingerprint density at radius 1 is 1.37 bits per heavy atom. The lowest BCUT2D eigenvalue weighted by atomic mass is 10.2. The summed E-state index contributed by atoms with van der Waals surface area (Å²) in [5.41, 5.74) is 0. The highest BCUT2D eigenvalue weighted by atomic mass is 16.5. The zero-order valence-electron chi connectivity index (χ0n) is 13.3. The Hall–Kier alpha value is -0.160. The number of ether oxygens (including phenoxy) is 1. The molecular weight excluding hydrogens is 238 g/mol. The summed E-state index contributed by atoms with van der Waals surface area (Å²) in [5.74, 6) is 0.711. The monoisotopic (exact) mass is 271 g/mol. The van der Waals surface area contributed by atoms with E-state index < -0.39 is 0 Å². The predicted molar refractivity (Wildman–Crippen MR) is 81.7 cm³/mol. The quantitative estimate of drug-likeness (QED) is 0.683. The molecule has 1 fully saturated rings. The van der Waals surface area contributed by atoms with Crippen molar-refractivity contribution in [1.82, 2.24) is 15.1 Å². The van der Waals surface area contributed by atoms with Crippen molar-refractivity contribution < 1.29 is 4.74 Å². The topological polar surface area (TPSA) is 27.7 Å². The number of nitrogens with one attached hydrogen (secondary N) is 1. The van der Waals surface area contributed by atoms with Crippen molar-refractivity contribution in [3.05, 3.63) is 0 Å². The van der Waals surface area contributed by atoms with Crippen LogP contribution in [0.4, 0.5) is 0 Å². The minimum absolute atomic E-state index is 0.365. The minimum Gasteiger partial charge on any atom is -0.374 e. The average Bonchev–Trinajstić information content (AvgIpc) is 2.37. The SMILES string of the molecule is CCCN(C)CCN1CCOC(CNCC(C)C)C1. The van der Waals surface area contributed by atoms with Gasteiger partial charge in [-0.2, -0.15) is 0 Å². The van der Waals surface area contributed by atoms with Crippen LogP contribution in [0.3, 0.4) is 0 Å². The molecule has 1 aliphatic heterocycles. The number of rotatable bonds is 9. The fraction of sp³-hybridized carbons (Fsp3) is 1.00. The van der Waals surface area contributed by atoms with Crippen LogP contribution >= 0.6 is 0 Å². The highest BCUT2D eigenvalue weighted by molar-refractivity contribution is 4.74. The first kappa shape index (κ1) is 16.9. The van der Waals surface area contributed by atoms with Gasteiger partial charge in [-0.05, 0) is 32.5 Å². The molecule has 0 radical (unpaired) electrons. The van der Waals surface area contributed by atoms with E-state index in [0.29, 0.717) is 12.0 Å². The first-order valence-corrected chi connectivity index (χ1v) is 7.85. The molecule has 0 bridgehead atoms. The van der Waals surface area contributed by atoms with E-state index in [4.69, 9.17) is 4.74 Å². The van der Waals surface area contributed by atoms with Gasteiger partial charge in [-0.25, -0.2) is 0 Å². The number of hydrogen-bond donors (Lipinski definition) is 1. The highest BCUT2D eigenvalue weighted by Gasteiger charge is 2.20. The van der Waals surface area contributed by atoms with Crippen LogP contribution in [0.5, 0.6) is 0 Å². The lowest BCUT2D eigenvalue weighted by Gasteiger charge is -2.34. The van der Waals surface area contributed by atoms with Gasteiger partial charge in [0.2, 0.25) is 0 Å². The molecule has 114 valence electrons. The normalized spacial score (nSPS) is 21.5. The van der Waals surface area contributed by atoms with E-state index in [0.717, 1.165) is 32.8 Å². The molecule has 4 nitrogen and oxygen atoms in total. The summed E-state index contributed by atoms with van der Waals surface area (Å²) in [6.45, 7) is 15.4. The van der Waals surface area contributed by atoms with Crippen molar-refractivity contribution in [2.24, 2.45) is 5.92 Å². The number of morpholine rings is 1. The molecule has 1 saturated heterocycles. The molecule has 1 unspecified atom stereocenters. The Labute approximate surface area is 119 Å². The van der Waals surface area contributed by atoms with E-state index in [-0.39, 0.29) is 0 Å². The molecule has 1 heterocycles. The van der Waals surface area contributed by atoms with Gasteiger partial charge in [0.05, 0.1) is 12.7 Å². The fourth-order valence-electron chi connectivity index (χ4n) is 2.45. The Morgan fingerprint density at radius 2 is 2.16 bits per heavy atom. The Morgan fingerprint density at radius 3 is 2.84 bits per heavy atom. The molecular formula is C15H33N3O. The summed E-state index contributed by atoms with van der Waals surface area (Å²) in [6.07, 6.45) is 1.60. The van der Waals surface area contributed by atoms with Crippen LogP contribution in [0, 0.1) is 5.92 Å². The molecule has 0 amide bonds. The molecule has 1 atom stereocenters. The van der Waals surface area contributed by atoms with E-state index in [1.54, 1.807) is 0 Å². The lowest BCUT2D eigenvalue weighted by Crippen LogP contribution is -2.48. The summed E-state index contributed by atoms with van der Waals surface area (Å²) < 4.78 is 5.83. The third kappa shape index (κ3) is 7.88. The zero-order chi connectivity index (χ0) is 14.1.